The predicted molar refractivity (Wildman–Crippen MR) is 118 cm³/mol. The number of aromatic nitrogens is 1. The normalized spacial score (nSPS) is 18.1. The van der Waals surface area contributed by atoms with Crippen LogP contribution in [0.25, 0.3) is 0 Å². The molecule has 1 saturated carbocycles. The molecule has 1 N–H and O–H groups in total. The lowest BCUT2D eigenvalue weighted by Gasteiger charge is -2.26. The van der Waals surface area contributed by atoms with Gasteiger partial charge in [-0.15, -0.1) is 11.8 Å². The number of carbonyl (C=O) groups is 1. The molecule has 1 aromatic carbocycles. The quantitative estimate of drug-likeness (QED) is 0.738. The fraction of sp³-hybridized carbons (Fsp3) is 0.478. The van der Waals surface area contributed by atoms with Gasteiger partial charge in [-0.3, -0.25) is 9.69 Å². The van der Waals surface area contributed by atoms with Crippen molar-refractivity contribution in [3.63, 3.8) is 0 Å². The predicted octanol–water partition coefficient (Wildman–Crippen LogP) is 4.24. The minimum absolute atomic E-state index is 0.0836. The van der Waals surface area contributed by atoms with Crippen molar-refractivity contribution in [1.82, 2.24) is 9.88 Å². The van der Waals surface area contributed by atoms with Crippen molar-refractivity contribution < 1.29 is 9.53 Å². The Morgan fingerprint density at radius 2 is 1.90 bits per heavy atom. The van der Waals surface area contributed by atoms with Crippen LogP contribution in [0.4, 0.5) is 5.69 Å². The van der Waals surface area contributed by atoms with Gasteiger partial charge < -0.3 is 10.1 Å². The lowest BCUT2D eigenvalue weighted by Crippen LogP contribution is -2.37. The molecule has 2 aromatic rings. The van der Waals surface area contributed by atoms with Crippen LogP contribution in [0.2, 0.25) is 0 Å². The minimum Gasteiger partial charge on any atom is -0.379 e. The first-order chi connectivity index (χ1) is 14.3. The van der Waals surface area contributed by atoms with Gasteiger partial charge in [0.15, 0.2) is 0 Å². The number of hydrogen-bond donors (Lipinski definition) is 1. The van der Waals surface area contributed by atoms with E-state index in [1.807, 2.05) is 24.3 Å². The molecule has 2 aliphatic rings. The Morgan fingerprint density at radius 3 is 2.66 bits per heavy atom. The molecule has 0 spiro atoms. The molecule has 1 amide bonds. The summed E-state index contributed by atoms with van der Waals surface area (Å²) in [5, 5.41) is 4.47. The molecule has 2 fully saturated rings. The molecular weight excluding hydrogens is 382 g/mol. The highest BCUT2D eigenvalue weighted by atomic mass is 32.2. The summed E-state index contributed by atoms with van der Waals surface area (Å²) in [6, 6.07) is 11.9. The number of rotatable bonds is 7. The highest BCUT2D eigenvalue weighted by Crippen LogP contribution is 2.35. The number of nitrogens with one attached hydrogen (secondary N) is 1. The average Bonchev–Trinajstić information content (AvgIpc) is 3.27. The van der Waals surface area contributed by atoms with Crippen LogP contribution in [0.3, 0.4) is 0 Å². The highest BCUT2D eigenvalue weighted by molar-refractivity contribution is 7.99. The monoisotopic (exact) mass is 411 g/mol. The Labute approximate surface area is 177 Å². The zero-order chi connectivity index (χ0) is 19.9. The second kappa shape index (κ2) is 10.2. The lowest BCUT2D eigenvalue weighted by atomic mass is 10.1. The number of thioether (sulfide) groups is 1. The van der Waals surface area contributed by atoms with E-state index >= 15 is 0 Å². The summed E-state index contributed by atoms with van der Waals surface area (Å²) in [5.41, 5.74) is 2.78. The van der Waals surface area contributed by atoms with E-state index < -0.39 is 0 Å². The first kappa shape index (κ1) is 20.4. The van der Waals surface area contributed by atoms with Crippen molar-refractivity contribution in [2.45, 2.75) is 42.4 Å². The van der Waals surface area contributed by atoms with Crippen molar-refractivity contribution in [3.05, 3.63) is 53.7 Å². The number of morpholine rings is 1. The maximum absolute atomic E-state index is 12.8. The smallest absolute Gasteiger partial charge is 0.258 e. The van der Waals surface area contributed by atoms with Crippen LogP contribution in [0.1, 0.15) is 41.6 Å². The molecule has 4 rings (SSSR count). The molecule has 6 heteroatoms. The molecule has 154 valence electrons. The van der Waals surface area contributed by atoms with Crippen LogP contribution < -0.4 is 5.32 Å². The number of amides is 1. The Bertz CT molecular complexity index is 800. The van der Waals surface area contributed by atoms with Gasteiger partial charge in [-0.05, 0) is 49.1 Å². The van der Waals surface area contributed by atoms with E-state index in [9.17, 15) is 4.79 Å². The van der Waals surface area contributed by atoms with Crippen molar-refractivity contribution in [2.75, 3.05) is 38.2 Å². The molecule has 1 aromatic heterocycles. The van der Waals surface area contributed by atoms with Crippen molar-refractivity contribution >= 4 is 23.4 Å². The molecule has 0 radical (unpaired) electrons. The van der Waals surface area contributed by atoms with E-state index in [1.54, 1.807) is 18.0 Å². The second-order valence-corrected chi connectivity index (χ2v) is 9.02. The van der Waals surface area contributed by atoms with E-state index in [1.165, 1.54) is 31.2 Å². The third-order valence-electron chi connectivity index (χ3n) is 5.63. The van der Waals surface area contributed by atoms with Crippen LogP contribution in [0.5, 0.6) is 0 Å². The van der Waals surface area contributed by atoms with E-state index in [0.717, 1.165) is 50.0 Å². The summed E-state index contributed by atoms with van der Waals surface area (Å²) in [7, 11) is 0. The molecule has 5 nitrogen and oxygen atoms in total. The molecule has 1 aliphatic carbocycles. The number of anilines is 1. The van der Waals surface area contributed by atoms with E-state index in [2.05, 4.69) is 27.3 Å². The largest absolute Gasteiger partial charge is 0.379 e. The highest BCUT2D eigenvalue weighted by Gasteiger charge is 2.20. The summed E-state index contributed by atoms with van der Waals surface area (Å²) in [5.74, 6) is -0.0836. The van der Waals surface area contributed by atoms with Gasteiger partial charge in [0.05, 0.1) is 18.8 Å². The van der Waals surface area contributed by atoms with Crippen molar-refractivity contribution in [2.24, 2.45) is 0 Å². The van der Waals surface area contributed by atoms with Gasteiger partial charge in [0.25, 0.3) is 5.91 Å². The fourth-order valence-corrected chi connectivity index (χ4v) is 5.18. The Kier molecular flexibility index (Phi) is 7.19. The maximum Gasteiger partial charge on any atom is 0.258 e. The number of benzene rings is 1. The van der Waals surface area contributed by atoms with Gasteiger partial charge in [-0.1, -0.05) is 25.0 Å². The van der Waals surface area contributed by atoms with Crippen LogP contribution in [-0.4, -0.2) is 53.9 Å². The van der Waals surface area contributed by atoms with E-state index in [0.29, 0.717) is 10.8 Å². The standard InChI is InChI=1S/C23H29N3O2S/c27-22(21-6-3-12-24-23(21)29-20-4-1-2-5-20)25-19-9-7-18(8-10-19)11-13-26-14-16-28-17-15-26/h3,6-10,12,20H,1-2,4-5,11,13-17H2,(H,25,27). The van der Waals surface area contributed by atoms with Crippen LogP contribution >= 0.6 is 11.8 Å². The van der Waals surface area contributed by atoms with Gasteiger partial charge in [-0.25, -0.2) is 4.98 Å². The molecule has 0 bridgehead atoms. The maximum atomic E-state index is 12.8. The topological polar surface area (TPSA) is 54.5 Å². The van der Waals surface area contributed by atoms with Gasteiger partial charge in [0, 0.05) is 36.8 Å². The number of nitrogens with zero attached hydrogens (tertiary/aromatic N) is 2. The SMILES string of the molecule is O=C(Nc1ccc(CCN2CCOCC2)cc1)c1cccnc1SC1CCCC1. The molecule has 0 unspecified atom stereocenters. The Hall–Kier alpha value is -1.89. The Morgan fingerprint density at radius 1 is 1.14 bits per heavy atom. The lowest BCUT2D eigenvalue weighted by molar-refractivity contribution is 0.0384. The third-order valence-corrected chi connectivity index (χ3v) is 6.98. The number of ether oxygens (including phenoxy) is 1. The fourth-order valence-electron chi connectivity index (χ4n) is 3.89. The number of hydrogen-bond acceptors (Lipinski definition) is 5. The van der Waals surface area contributed by atoms with E-state index in [-0.39, 0.29) is 5.91 Å². The van der Waals surface area contributed by atoms with Crippen LogP contribution in [0, 0.1) is 0 Å². The van der Waals surface area contributed by atoms with Crippen molar-refractivity contribution in [3.8, 4) is 0 Å². The molecule has 29 heavy (non-hydrogen) atoms. The second-order valence-electron chi connectivity index (χ2n) is 7.74. The Balaban J connectivity index is 1.33. The molecule has 1 aliphatic heterocycles. The molecule has 1 saturated heterocycles. The summed E-state index contributed by atoms with van der Waals surface area (Å²) < 4.78 is 5.40. The third kappa shape index (κ3) is 5.81. The summed E-state index contributed by atoms with van der Waals surface area (Å²) in [4.78, 5) is 19.8. The first-order valence-electron chi connectivity index (χ1n) is 10.6. The molecule has 2 heterocycles. The van der Waals surface area contributed by atoms with E-state index in [4.69, 9.17) is 4.74 Å². The van der Waals surface area contributed by atoms with Gasteiger partial charge in [-0.2, -0.15) is 0 Å². The van der Waals surface area contributed by atoms with Crippen LogP contribution in [-0.2, 0) is 11.2 Å². The molecular formula is C23H29N3O2S. The van der Waals surface area contributed by atoms with Crippen LogP contribution in [0.15, 0.2) is 47.6 Å². The minimum atomic E-state index is -0.0836. The summed E-state index contributed by atoms with van der Waals surface area (Å²) in [6.07, 6.45) is 7.78. The molecule has 0 atom stereocenters. The number of carbonyl (C=O) groups excluding carboxylic acids is 1. The van der Waals surface area contributed by atoms with Crippen molar-refractivity contribution in [1.29, 1.82) is 0 Å². The average molecular weight is 412 g/mol. The first-order valence-corrected chi connectivity index (χ1v) is 11.5. The summed E-state index contributed by atoms with van der Waals surface area (Å²) in [6.45, 7) is 4.74. The van der Waals surface area contributed by atoms with Gasteiger partial charge in [0.1, 0.15) is 5.03 Å². The van der Waals surface area contributed by atoms with Gasteiger partial charge >= 0.3 is 0 Å². The summed E-state index contributed by atoms with van der Waals surface area (Å²) >= 11 is 1.75. The van der Waals surface area contributed by atoms with Gasteiger partial charge in [0.2, 0.25) is 0 Å². The zero-order valence-electron chi connectivity index (χ0n) is 16.8. The number of pyridine rings is 1. The zero-order valence-corrected chi connectivity index (χ0v) is 17.6.